The van der Waals surface area contributed by atoms with Gasteiger partial charge in [0.05, 0.1) is 23.5 Å². The fraction of sp³-hybridized carbons (Fsp3) is 0.474. The zero-order valence-corrected chi connectivity index (χ0v) is 16.2. The van der Waals surface area contributed by atoms with E-state index < -0.39 is 17.1 Å². The van der Waals surface area contributed by atoms with Gasteiger partial charge in [-0.2, -0.15) is 5.10 Å². The maximum Gasteiger partial charge on any atom is 0.412 e. The fourth-order valence-corrected chi connectivity index (χ4v) is 2.33. The molecule has 1 amide bonds. The number of hydrogen-bond acceptors (Lipinski definition) is 5. The number of hydrogen-bond donors (Lipinski definition) is 1. The van der Waals surface area contributed by atoms with Gasteiger partial charge in [-0.25, -0.2) is 4.79 Å². The van der Waals surface area contributed by atoms with Crippen LogP contribution in [0.2, 0.25) is 0 Å². The highest BCUT2D eigenvalue weighted by Gasteiger charge is 2.32. The van der Waals surface area contributed by atoms with Crippen LogP contribution in [-0.2, 0) is 16.7 Å². The van der Waals surface area contributed by atoms with Gasteiger partial charge in [-0.15, -0.1) is 0 Å². The number of anilines is 1. The molecule has 7 heteroatoms. The van der Waals surface area contributed by atoms with Crippen molar-refractivity contribution in [2.24, 2.45) is 0 Å². The lowest BCUT2D eigenvalue weighted by molar-refractivity contribution is 0.0635. The molecular formula is C19H26N4O3. The van der Waals surface area contributed by atoms with Gasteiger partial charge in [0.25, 0.3) is 0 Å². The molecule has 2 rings (SSSR count). The lowest BCUT2D eigenvalue weighted by Crippen LogP contribution is -2.29. The van der Waals surface area contributed by atoms with Crippen LogP contribution in [0.1, 0.15) is 57.6 Å². The Kier molecular flexibility index (Phi) is 5.49. The highest BCUT2D eigenvalue weighted by atomic mass is 16.6. The Morgan fingerprint density at radius 3 is 2.35 bits per heavy atom. The highest BCUT2D eigenvalue weighted by molar-refractivity contribution is 6.02. The molecule has 1 N–H and O–H groups in total. The molecule has 0 aliphatic carbocycles. The largest absolute Gasteiger partial charge is 0.444 e. The third-order valence-corrected chi connectivity index (χ3v) is 3.89. The van der Waals surface area contributed by atoms with Crippen LogP contribution in [0, 0.1) is 0 Å². The summed E-state index contributed by atoms with van der Waals surface area (Å²) >= 11 is 0. The Bertz CT molecular complexity index is 786. The van der Waals surface area contributed by atoms with Gasteiger partial charge in [0, 0.05) is 18.3 Å². The molecule has 0 aliphatic heterocycles. The minimum atomic E-state index is -0.749. The Hall–Kier alpha value is -2.70. The quantitative estimate of drug-likeness (QED) is 0.822. The minimum Gasteiger partial charge on any atom is -0.444 e. The average molecular weight is 358 g/mol. The molecule has 7 nitrogen and oxygen atoms in total. The first-order chi connectivity index (χ1) is 12.0. The van der Waals surface area contributed by atoms with E-state index >= 15 is 0 Å². The van der Waals surface area contributed by atoms with E-state index in [1.807, 2.05) is 27.0 Å². The molecule has 140 valence electrons. The molecule has 2 aromatic heterocycles. The molecule has 2 heterocycles. The number of carbonyl (C=O) groups excluding carboxylic acids is 2. The Labute approximate surface area is 153 Å². The maximum atomic E-state index is 12.9. The van der Waals surface area contributed by atoms with Gasteiger partial charge < -0.3 is 4.74 Å². The number of aryl methyl sites for hydroxylation is 1. The zero-order valence-electron chi connectivity index (χ0n) is 16.2. The summed E-state index contributed by atoms with van der Waals surface area (Å²) in [5, 5.41) is 6.83. The summed E-state index contributed by atoms with van der Waals surface area (Å²) in [4.78, 5) is 28.9. The molecule has 0 bridgehead atoms. The van der Waals surface area contributed by atoms with Crippen LogP contribution in [0.4, 0.5) is 10.5 Å². The summed E-state index contributed by atoms with van der Waals surface area (Å²) in [6, 6.07) is 3.23. The van der Waals surface area contributed by atoms with E-state index in [1.165, 1.54) is 6.20 Å². The molecule has 0 unspecified atom stereocenters. The first-order valence-corrected chi connectivity index (χ1v) is 8.56. The number of pyridine rings is 1. The molecule has 0 radical (unpaired) electrons. The van der Waals surface area contributed by atoms with E-state index in [1.54, 1.807) is 43.8 Å². The molecule has 0 saturated heterocycles. The molecule has 0 aromatic carbocycles. The van der Waals surface area contributed by atoms with E-state index in [-0.39, 0.29) is 5.78 Å². The molecular weight excluding hydrogens is 332 g/mol. The van der Waals surface area contributed by atoms with Gasteiger partial charge in [0.1, 0.15) is 11.3 Å². The van der Waals surface area contributed by atoms with Crippen molar-refractivity contribution in [2.75, 3.05) is 5.32 Å². The third kappa shape index (κ3) is 4.68. The maximum absolute atomic E-state index is 12.9. The predicted octanol–water partition coefficient (Wildman–Crippen LogP) is 3.81. The monoisotopic (exact) mass is 358 g/mol. The van der Waals surface area contributed by atoms with Crippen molar-refractivity contribution in [3.05, 3.63) is 42.0 Å². The van der Waals surface area contributed by atoms with Crippen molar-refractivity contribution < 1.29 is 14.3 Å². The zero-order chi connectivity index (χ0) is 19.5. The van der Waals surface area contributed by atoms with Crippen LogP contribution in [0.25, 0.3) is 0 Å². The van der Waals surface area contributed by atoms with E-state index in [9.17, 15) is 9.59 Å². The van der Waals surface area contributed by atoms with Crippen LogP contribution >= 0.6 is 0 Å². The molecule has 0 atom stereocenters. The predicted molar refractivity (Wildman–Crippen MR) is 99.4 cm³/mol. The van der Waals surface area contributed by atoms with E-state index in [2.05, 4.69) is 15.4 Å². The van der Waals surface area contributed by atoms with Crippen molar-refractivity contribution in [2.45, 2.75) is 59.1 Å². The fourth-order valence-electron chi connectivity index (χ4n) is 2.33. The second-order valence-electron chi connectivity index (χ2n) is 7.60. The van der Waals surface area contributed by atoms with Crippen LogP contribution in [0.15, 0.2) is 30.7 Å². The summed E-state index contributed by atoms with van der Waals surface area (Å²) in [5.41, 5.74) is 0.296. The lowest BCUT2D eigenvalue weighted by Gasteiger charge is -2.21. The third-order valence-electron chi connectivity index (χ3n) is 3.89. The van der Waals surface area contributed by atoms with Gasteiger partial charge in [-0.1, -0.05) is 0 Å². The number of nitrogens with zero attached hydrogens (tertiary/aromatic N) is 3. The first kappa shape index (κ1) is 19.6. The Morgan fingerprint density at radius 2 is 1.85 bits per heavy atom. The van der Waals surface area contributed by atoms with Crippen molar-refractivity contribution >= 4 is 17.6 Å². The molecule has 0 fully saturated rings. The summed E-state index contributed by atoms with van der Waals surface area (Å²) in [6.45, 7) is 11.8. The first-order valence-electron chi connectivity index (χ1n) is 8.56. The Balaban J connectivity index is 2.11. The summed E-state index contributed by atoms with van der Waals surface area (Å²) in [5.74, 6) is -0.114. The summed E-state index contributed by atoms with van der Waals surface area (Å²) in [7, 11) is 0. The van der Waals surface area contributed by atoms with Crippen LogP contribution in [-0.4, -0.2) is 32.2 Å². The summed E-state index contributed by atoms with van der Waals surface area (Å²) in [6.07, 6.45) is 4.46. The molecule has 0 saturated carbocycles. The van der Waals surface area contributed by atoms with E-state index in [0.29, 0.717) is 11.4 Å². The van der Waals surface area contributed by atoms with Crippen LogP contribution < -0.4 is 5.32 Å². The van der Waals surface area contributed by atoms with Gasteiger partial charge >= 0.3 is 6.09 Å². The van der Waals surface area contributed by atoms with Crippen LogP contribution in [0.5, 0.6) is 0 Å². The van der Waals surface area contributed by atoms with E-state index in [0.717, 1.165) is 12.1 Å². The smallest absolute Gasteiger partial charge is 0.412 e. The second kappa shape index (κ2) is 7.27. The normalized spacial score (nSPS) is 11.9. The average Bonchev–Trinajstić information content (AvgIpc) is 3.03. The second-order valence-corrected chi connectivity index (χ2v) is 7.60. The van der Waals surface area contributed by atoms with Crippen molar-refractivity contribution in [1.82, 2.24) is 14.8 Å². The number of carbonyl (C=O) groups is 2. The van der Waals surface area contributed by atoms with E-state index in [4.69, 9.17) is 4.74 Å². The number of Topliss-reactive ketones (excluding diaryl/α,β-unsaturated/α-hetero) is 1. The number of ketones is 1. The lowest BCUT2D eigenvalue weighted by atomic mass is 9.81. The topological polar surface area (TPSA) is 86.1 Å². The van der Waals surface area contributed by atoms with Crippen LogP contribution in [0.3, 0.4) is 0 Å². The standard InChI is InChI=1S/C19H26N4O3/c1-7-23-12-13(10-21-23)19(5,6)16(24)15-9-8-14(11-20-15)22-17(25)26-18(2,3)4/h8-12H,7H2,1-6H3,(H,22,25). The van der Waals surface area contributed by atoms with Gasteiger partial charge in [-0.3, -0.25) is 19.8 Å². The highest BCUT2D eigenvalue weighted by Crippen LogP contribution is 2.27. The minimum absolute atomic E-state index is 0.114. The van der Waals surface area contributed by atoms with Crippen molar-refractivity contribution in [1.29, 1.82) is 0 Å². The van der Waals surface area contributed by atoms with Gasteiger partial charge in [-0.05, 0) is 53.7 Å². The molecule has 26 heavy (non-hydrogen) atoms. The van der Waals surface area contributed by atoms with Crippen molar-refractivity contribution in [3.63, 3.8) is 0 Å². The van der Waals surface area contributed by atoms with Crippen molar-refractivity contribution in [3.8, 4) is 0 Å². The SMILES string of the molecule is CCn1cc(C(C)(C)C(=O)c2ccc(NC(=O)OC(C)(C)C)cn2)cn1. The number of nitrogens with one attached hydrogen (secondary N) is 1. The Morgan fingerprint density at radius 1 is 1.15 bits per heavy atom. The number of aromatic nitrogens is 3. The molecule has 0 aliphatic rings. The number of rotatable bonds is 5. The molecule has 0 spiro atoms. The van der Waals surface area contributed by atoms with Gasteiger partial charge in [0.2, 0.25) is 0 Å². The number of ether oxygens (including phenoxy) is 1. The van der Waals surface area contributed by atoms with Gasteiger partial charge in [0.15, 0.2) is 5.78 Å². The molecule has 2 aromatic rings. The summed E-state index contributed by atoms with van der Waals surface area (Å²) < 4.78 is 6.97. The number of amides is 1.